The summed E-state index contributed by atoms with van der Waals surface area (Å²) >= 11 is 0. The molecular formula is C37H42N2O5. The third-order valence-corrected chi connectivity index (χ3v) is 10.6. The van der Waals surface area contributed by atoms with Crippen LogP contribution < -0.4 is 14.8 Å². The van der Waals surface area contributed by atoms with Gasteiger partial charge < -0.3 is 24.8 Å². The Balaban J connectivity index is 1.05. The number of benzene rings is 3. The second kappa shape index (κ2) is 11.6. The van der Waals surface area contributed by atoms with Crippen LogP contribution in [0.1, 0.15) is 72.5 Å². The van der Waals surface area contributed by atoms with Crippen molar-refractivity contribution in [3.8, 4) is 28.4 Å². The van der Waals surface area contributed by atoms with Crippen molar-refractivity contribution in [2.75, 3.05) is 26.4 Å². The smallest absolute Gasteiger partial charge is 0.255 e. The van der Waals surface area contributed by atoms with Gasteiger partial charge >= 0.3 is 0 Å². The van der Waals surface area contributed by atoms with Crippen molar-refractivity contribution in [3.63, 3.8) is 0 Å². The third kappa shape index (κ3) is 5.36. The van der Waals surface area contributed by atoms with E-state index in [1.54, 1.807) is 6.07 Å². The van der Waals surface area contributed by atoms with E-state index in [0.29, 0.717) is 37.4 Å². The van der Waals surface area contributed by atoms with E-state index in [4.69, 9.17) is 9.47 Å². The van der Waals surface area contributed by atoms with Crippen LogP contribution >= 0.6 is 0 Å². The molecule has 44 heavy (non-hydrogen) atoms. The number of aryl methyl sites for hydroxylation is 1. The molecule has 7 nitrogen and oxygen atoms in total. The second-order valence-corrected chi connectivity index (χ2v) is 13.4. The lowest BCUT2D eigenvalue weighted by Gasteiger charge is -2.55. The first-order valence-corrected chi connectivity index (χ1v) is 16.2. The van der Waals surface area contributed by atoms with Gasteiger partial charge in [0, 0.05) is 43.0 Å². The van der Waals surface area contributed by atoms with Crippen molar-refractivity contribution in [2.24, 2.45) is 11.8 Å². The van der Waals surface area contributed by atoms with Gasteiger partial charge in [-0.1, -0.05) is 36.4 Å². The first-order valence-electron chi connectivity index (χ1n) is 16.2. The highest BCUT2D eigenvalue weighted by Crippen LogP contribution is 2.54. The van der Waals surface area contributed by atoms with Gasteiger partial charge in [0.2, 0.25) is 6.79 Å². The number of rotatable bonds is 8. The molecule has 3 unspecified atom stereocenters. The molecule has 0 radical (unpaired) electrons. The van der Waals surface area contributed by atoms with E-state index in [9.17, 15) is 14.7 Å². The minimum atomic E-state index is -0.432. The van der Waals surface area contributed by atoms with Crippen LogP contribution in [0, 0.1) is 18.8 Å². The topological polar surface area (TPSA) is 88.1 Å². The van der Waals surface area contributed by atoms with Gasteiger partial charge in [-0.05, 0) is 105 Å². The number of hydrogen-bond donors (Lipinski definition) is 2. The normalized spacial score (nSPS) is 24.6. The number of aromatic hydroxyl groups is 1. The third-order valence-electron chi connectivity index (χ3n) is 10.6. The Morgan fingerprint density at radius 2 is 1.80 bits per heavy atom. The number of fused-ring (bicyclic) bond motifs is 2. The molecule has 2 heterocycles. The largest absolute Gasteiger partial charge is 0.507 e. The average Bonchev–Trinajstić information content (AvgIpc) is 3.71. The Hall–Kier alpha value is -3.84. The number of likely N-dealkylation sites (tertiary alicyclic amines) is 1. The maximum absolute atomic E-state index is 13.4. The molecule has 3 aromatic rings. The molecule has 7 rings (SSSR count). The van der Waals surface area contributed by atoms with E-state index in [0.717, 1.165) is 71.2 Å². The fraction of sp³-hybridized carbons (Fsp3) is 0.459. The Morgan fingerprint density at radius 1 is 1.02 bits per heavy atom. The number of carbonyl (C=O) groups excluding carboxylic acids is 2. The zero-order chi connectivity index (χ0) is 30.4. The maximum atomic E-state index is 13.4. The summed E-state index contributed by atoms with van der Waals surface area (Å²) in [5.74, 6) is 2.65. The molecule has 3 aromatic carbocycles. The van der Waals surface area contributed by atoms with Crippen molar-refractivity contribution in [1.82, 2.24) is 10.2 Å². The highest BCUT2D eigenvalue weighted by molar-refractivity contribution is 5.97. The molecule has 2 aliphatic carbocycles. The number of piperidine rings is 1. The summed E-state index contributed by atoms with van der Waals surface area (Å²) in [6, 6.07) is 18.2. The van der Waals surface area contributed by atoms with E-state index in [2.05, 4.69) is 41.4 Å². The molecule has 2 N–H and O–H groups in total. The summed E-state index contributed by atoms with van der Waals surface area (Å²) in [5, 5.41) is 14.8. The standard InChI is InChI=1S/C37H42N2O5/c1-23-3-12-30(35(41)34(23)37-16-18-39(21-26-4-5-26)24(2)31(37)13-11-29(40)20-37)36(42)38-17-15-25-6-8-27(9-7-25)28-10-14-32-33(19-28)44-22-43-32/h3,6-10,12,14,19,24,26,31,41H,4-5,11,13,15-18,20-22H2,1-2H3,(H,38,42). The van der Waals surface area contributed by atoms with Crippen molar-refractivity contribution in [1.29, 1.82) is 0 Å². The molecule has 3 atom stereocenters. The van der Waals surface area contributed by atoms with E-state index in [1.807, 2.05) is 31.2 Å². The van der Waals surface area contributed by atoms with Gasteiger partial charge in [-0.3, -0.25) is 9.59 Å². The minimum absolute atomic E-state index is 0.0538. The van der Waals surface area contributed by atoms with Gasteiger partial charge in [-0.15, -0.1) is 0 Å². The SMILES string of the molecule is Cc1ccc(C(=O)NCCc2ccc(-c3ccc4c(c3)OCO4)cc2)c(O)c1C12CCN(CC3CC3)C(C)C1CCC(=O)C2. The van der Waals surface area contributed by atoms with Gasteiger partial charge in [0.15, 0.2) is 11.5 Å². The number of nitrogens with zero attached hydrogens (tertiary/aromatic N) is 1. The summed E-state index contributed by atoms with van der Waals surface area (Å²) < 4.78 is 10.9. The molecule has 0 bridgehead atoms. The highest BCUT2D eigenvalue weighted by Gasteiger charge is 2.53. The van der Waals surface area contributed by atoms with Crippen LogP contribution in [0.3, 0.4) is 0 Å². The molecular weight excluding hydrogens is 552 g/mol. The molecule has 0 spiro atoms. The zero-order valence-corrected chi connectivity index (χ0v) is 25.7. The van der Waals surface area contributed by atoms with E-state index < -0.39 is 5.41 Å². The summed E-state index contributed by atoms with van der Waals surface area (Å²) in [6.07, 6.45) is 6.03. The number of nitrogens with one attached hydrogen (secondary N) is 1. The first kappa shape index (κ1) is 28.9. The predicted molar refractivity (Wildman–Crippen MR) is 169 cm³/mol. The number of ketones is 1. The summed E-state index contributed by atoms with van der Waals surface area (Å²) in [4.78, 5) is 29.0. The molecule has 0 aromatic heterocycles. The summed E-state index contributed by atoms with van der Waals surface area (Å²) in [7, 11) is 0. The lowest BCUT2D eigenvalue weighted by molar-refractivity contribution is -0.126. The van der Waals surface area contributed by atoms with Crippen molar-refractivity contribution >= 4 is 11.7 Å². The number of ether oxygens (including phenoxy) is 2. The molecule has 2 aliphatic heterocycles. The van der Waals surface area contributed by atoms with Crippen LogP contribution in [0.25, 0.3) is 11.1 Å². The van der Waals surface area contributed by atoms with Crippen LogP contribution in [-0.2, 0) is 16.6 Å². The van der Waals surface area contributed by atoms with Gasteiger partial charge in [-0.25, -0.2) is 0 Å². The molecule has 4 aliphatic rings. The van der Waals surface area contributed by atoms with Crippen molar-refractivity contribution < 1.29 is 24.2 Å². The zero-order valence-electron chi connectivity index (χ0n) is 25.7. The highest BCUT2D eigenvalue weighted by atomic mass is 16.7. The monoisotopic (exact) mass is 594 g/mol. The summed E-state index contributed by atoms with van der Waals surface area (Å²) in [6.45, 7) is 7.08. The predicted octanol–water partition coefficient (Wildman–Crippen LogP) is 6.18. The molecule has 3 fully saturated rings. The van der Waals surface area contributed by atoms with Gasteiger partial charge in [-0.2, -0.15) is 0 Å². The van der Waals surface area contributed by atoms with Gasteiger partial charge in [0.1, 0.15) is 11.5 Å². The lowest BCUT2D eigenvalue weighted by Crippen LogP contribution is -2.58. The van der Waals surface area contributed by atoms with E-state index in [-0.39, 0.29) is 30.2 Å². The fourth-order valence-corrected chi connectivity index (χ4v) is 8.09. The average molecular weight is 595 g/mol. The first-order chi connectivity index (χ1) is 21.3. The van der Waals surface area contributed by atoms with Crippen LogP contribution in [0.5, 0.6) is 17.2 Å². The number of phenols is 1. The molecule has 230 valence electrons. The number of hydrogen-bond acceptors (Lipinski definition) is 6. The van der Waals surface area contributed by atoms with Crippen LogP contribution in [0.15, 0.2) is 54.6 Å². The van der Waals surface area contributed by atoms with Crippen molar-refractivity contribution in [2.45, 2.75) is 70.3 Å². The number of Topliss-reactive ketones (excluding diaryl/α,β-unsaturated/α-hetero) is 1. The quantitative estimate of drug-likeness (QED) is 0.324. The number of phenolic OH excluding ortho intramolecular Hbond substituents is 1. The molecule has 7 heteroatoms. The Labute approximate surface area is 259 Å². The van der Waals surface area contributed by atoms with E-state index >= 15 is 0 Å². The van der Waals surface area contributed by atoms with Gasteiger partial charge in [0.05, 0.1) is 5.56 Å². The maximum Gasteiger partial charge on any atom is 0.255 e. The Kier molecular flexibility index (Phi) is 7.61. The van der Waals surface area contributed by atoms with Crippen molar-refractivity contribution in [3.05, 3.63) is 76.9 Å². The molecule has 2 saturated carbocycles. The van der Waals surface area contributed by atoms with Crippen LogP contribution in [-0.4, -0.2) is 54.2 Å². The summed E-state index contributed by atoms with van der Waals surface area (Å²) in [5.41, 5.74) is 4.90. The van der Waals surface area contributed by atoms with Crippen LogP contribution in [0.2, 0.25) is 0 Å². The minimum Gasteiger partial charge on any atom is -0.507 e. The molecule has 1 amide bonds. The Bertz CT molecular complexity index is 1580. The Morgan fingerprint density at radius 3 is 2.59 bits per heavy atom. The lowest BCUT2D eigenvalue weighted by atomic mass is 9.55. The second-order valence-electron chi connectivity index (χ2n) is 13.4. The van der Waals surface area contributed by atoms with E-state index in [1.165, 1.54) is 12.8 Å². The fourth-order valence-electron chi connectivity index (χ4n) is 8.09. The van der Waals surface area contributed by atoms with Gasteiger partial charge in [0.25, 0.3) is 5.91 Å². The molecule has 1 saturated heterocycles. The van der Waals surface area contributed by atoms with Crippen LogP contribution in [0.4, 0.5) is 0 Å². The number of amides is 1. The number of carbonyl (C=O) groups is 2.